The molecule has 1 unspecified atom stereocenters. The highest BCUT2D eigenvalue weighted by atomic mass is 32.1. The van der Waals surface area contributed by atoms with Crippen molar-refractivity contribution in [3.8, 4) is 0 Å². The van der Waals surface area contributed by atoms with Crippen molar-refractivity contribution >= 4 is 11.5 Å². The molecule has 1 N–H and O–H groups in total. The number of hydrogen-bond acceptors (Lipinski definition) is 5. The number of likely N-dealkylation sites (N-methyl/N-ethyl adjacent to an activating group) is 1. The first kappa shape index (κ1) is 14.5. The third kappa shape index (κ3) is 3.34. The summed E-state index contributed by atoms with van der Waals surface area (Å²) in [5, 5.41) is 7.84. The van der Waals surface area contributed by atoms with Crippen LogP contribution in [0.15, 0.2) is 11.8 Å². The predicted octanol–water partition coefficient (Wildman–Crippen LogP) is 3.18. The van der Waals surface area contributed by atoms with Gasteiger partial charge in [0.15, 0.2) is 0 Å². The van der Waals surface area contributed by atoms with Crippen LogP contribution in [-0.4, -0.2) is 22.7 Å². The lowest BCUT2D eigenvalue weighted by Crippen LogP contribution is -2.27. The molecule has 0 bridgehead atoms. The molecule has 0 saturated carbocycles. The van der Waals surface area contributed by atoms with Crippen molar-refractivity contribution < 1.29 is 4.74 Å². The molecule has 0 spiro atoms. The molecular formula is C14H23N3OS. The quantitative estimate of drug-likeness (QED) is 0.921. The zero-order chi connectivity index (χ0) is 13.9. The van der Waals surface area contributed by atoms with E-state index in [1.807, 2.05) is 0 Å². The molecule has 0 aromatic carbocycles. The molecule has 1 aromatic heterocycles. The largest absolute Gasteiger partial charge is 0.496 e. The van der Waals surface area contributed by atoms with E-state index in [1.54, 1.807) is 0 Å². The summed E-state index contributed by atoms with van der Waals surface area (Å²) >= 11 is 1.47. The van der Waals surface area contributed by atoms with Gasteiger partial charge in [-0.25, -0.2) is 0 Å². The van der Waals surface area contributed by atoms with E-state index in [2.05, 4.69) is 48.7 Å². The number of nitrogens with one attached hydrogen (secondary N) is 1. The van der Waals surface area contributed by atoms with Crippen LogP contribution in [0.5, 0.6) is 0 Å². The van der Waals surface area contributed by atoms with Gasteiger partial charge in [-0.1, -0.05) is 32.2 Å². The Morgan fingerprint density at radius 1 is 1.47 bits per heavy atom. The van der Waals surface area contributed by atoms with E-state index < -0.39 is 0 Å². The molecule has 2 rings (SSSR count). The molecule has 19 heavy (non-hydrogen) atoms. The summed E-state index contributed by atoms with van der Waals surface area (Å²) in [6.45, 7) is 10.3. The maximum atomic E-state index is 5.83. The van der Waals surface area contributed by atoms with Crippen LogP contribution in [0.25, 0.3) is 0 Å². The highest BCUT2D eigenvalue weighted by molar-refractivity contribution is 7.05. The Hall–Kier alpha value is -0.940. The van der Waals surface area contributed by atoms with E-state index in [9.17, 15) is 0 Å². The molecule has 1 aliphatic rings. The van der Waals surface area contributed by atoms with Crippen molar-refractivity contribution in [1.29, 1.82) is 0 Å². The SMILES string of the molecule is CCNC(C1=CCCCO1)c1snnc1C(C)(C)C. The Morgan fingerprint density at radius 2 is 2.26 bits per heavy atom. The van der Waals surface area contributed by atoms with Crippen LogP contribution in [0.4, 0.5) is 0 Å². The second-order valence-electron chi connectivity index (χ2n) is 5.82. The number of hydrogen-bond donors (Lipinski definition) is 1. The van der Waals surface area contributed by atoms with Crippen LogP contribution in [0.3, 0.4) is 0 Å². The van der Waals surface area contributed by atoms with Gasteiger partial charge in [0, 0.05) is 5.41 Å². The summed E-state index contributed by atoms with van der Waals surface area (Å²) in [7, 11) is 0. The summed E-state index contributed by atoms with van der Waals surface area (Å²) in [6, 6.07) is 0.0968. The molecule has 0 aliphatic carbocycles. The zero-order valence-electron chi connectivity index (χ0n) is 12.2. The van der Waals surface area contributed by atoms with E-state index in [1.165, 1.54) is 16.4 Å². The van der Waals surface area contributed by atoms with Crippen LogP contribution in [0.1, 0.15) is 57.1 Å². The summed E-state index contributed by atoms with van der Waals surface area (Å²) in [5.74, 6) is 1.03. The summed E-state index contributed by atoms with van der Waals surface area (Å²) < 4.78 is 9.99. The predicted molar refractivity (Wildman–Crippen MR) is 78.3 cm³/mol. The second-order valence-corrected chi connectivity index (χ2v) is 6.61. The van der Waals surface area contributed by atoms with Crippen molar-refractivity contribution in [2.75, 3.05) is 13.2 Å². The van der Waals surface area contributed by atoms with Gasteiger partial charge in [-0.05, 0) is 37.0 Å². The molecule has 1 aromatic rings. The number of rotatable bonds is 4. The fraction of sp³-hybridized carbons (Fsp3) is 0.714. The van der Waals surface area contributed by atoms with Gasteiger partial charge in [-0.15, -0.1) is 5.10 Å². The van der Waals surface area contributed by atoms with Gasteiger partial charge < -0.3 is 10.1 Å². The van der Waals surface area contributed by atoms with E-state index in [-0.39, 0.29) is 11.5 Å². The normalized spacial score (nSPS) is 17.8. The van der Waals surface area contributed by atoms with E-state index in [0.29, 0.717) is 0 Å². The molecule has 0 amide bonds. The first-order chi connectivity index (χ1) is 9.04. The minimum atomic E-state index is 0.00519. The fourth-order valence-corrected chi connectivity index (χ4v) is 3.16. The number of nitrogens with zero attached hydrogens (tertiary/aromatic N) is 2. The van der Waals surface area contributed by atoms with E-state index in [4.69, 9.17) is 4.74 Å². The first-order valence-electron chi connectivity index (χ1n) is 6.93. The summed E-state index contributed by atoms with van der Waals surface area (Å²) in [4.78, 5) is 1.18. The molecule has 0 radical (unpaired) electrons. The maximum Gasteiger partial charge on any atom is 0.114 e. The van der Waals surface area contributed by atoms with Crippen molar-refractivity contribution in [1.82, 2.24) is 14.9 Å². The first-order valence-corrected chi connectivity index (χ1v) is 7.70. The molecule has 0 fully saturated rings. The van der Waals surface area contributed by atoms with Crippen LogP contribution in [-0.2, 0) is 10.2 Å². The van der Waals surface area contributed by atoms with Gasteiger partial charge in [0.1, 0.15) is 11.8 Å². The average Bonchev–Trinajstić information content (AvgIpc) is 2.86. The Morgan fingerprint density at radius 3 is 2.84 bits per heavy atom. The Bertz CT molecular complexity index is 448. The number of ether oxygens (including phenoxy) is 1. The van der Waals surface area contributed by atoms with Crippen LogP contribution in [0, 0.1) is 0 Å². The van der Waals surface area contributed by atoms with Crippen molar-refractivity contribution in [3.63, 3.8) is 0 Å². The molecule has 2 heterocycles. The van der Waals surface area contributed by atoms with Gasteiger partial charge in [-0.2, -0.15) is 0 Å². The lowest BCUT2D eigenvalue weighted by Gasteiger charge is -2.26. The lowest BCUT2D eigenvalue weighted by molar-refractivity contribution is 0.168. The topological polar surface area (TPSA) is 47.0 Å². The van der Waals surface area contributed by atoms with Gasteiger partial charge >= 0.3 is 0 Å². The van der Waals surface area contributed by atoms with Crippen molar-refractivity contribution in [2.24, 2.45) is 0 Å². The number of allylic oxidation sites excluding steroid dienone is 1. The highest BCUT2D eigenvalue weighted by Crippen LogP contribution is 2.35. The fourth-order valence-electron chi connectivity index (χ4n) is 2.21. The van der Waals surface area contributed by atoms with Crippen LogP contribution >= 0.6 is 11.5 Å². The van der Waals surface area contributed by atoms with Gasteiger partial charge in [-0.3, -0.25) is 0 Å². The van der Waals surface area contributed by atoms with Crippen molar-refractivity contribution in [2.45, 2.75) is 52.0 Å². The smallest absolute Gasteiger partial charge is 0.114 e. The lowest BCUT2D eigenvalue weighted by atomic mass is 9.89. The van der Waals surface area contributed by atoms with Crippen LogP contribution in [0.2, 0.25) is 0 Å². The standard InChI is InChI=1S/C14H23N3OS/c1-5-15-11(10-8-6-7-9-18-10)12-13(14(2,3)4)16-17-19-12/h8,11,15H,5-7,9H2,1-4H3. The number of aromatic nitrogens is 2. The summed E-state index contributed by atoms with van der Waals surface area (Å²) in [5.41, 5.74) is 1.07. The molecule has 5 heteroatoms. The highest BCUT2D eigenvalue weighted by Gasteiger charge is 2.30. The molecule has 1 atom stereocenters. The Kier molecular flexibility index (Phi) is 4.58. The molecule has 0 saturated heterocycles. The maximum absolute atomic E-state index is 5.83. The van der Waals surface area contributed by atoms with Gasteiger partial charge in [0.05, 0.1) is 17.2 Å². The zero-order valence-corrected chi connectivity index (χ0v) is 13.0. The van der Waals surface area contributed by atoms with Crippen molar-refractivity contribution in [3.05, 3.63) is 22.4 Å². The summed E-state index contributed by atoms with van der Waals surface area (Å²) in [6.07, 6.45) is 4.40. The van der Waals surface area contributed by atoms with Crippen LogP contribution < -0.4 is 5.32 Å². The van der Waals surface area contributed by atoms with E-state index >= 15 is 0 Å². The molecule has 106 valence electrons. The van der Waals surface area contributed by atoms with Gasteiger partial charge in [0.25, 0.3) is 0 Å². The third-order valence-corrected chi connectivity index (χ3v) is 3.93. The molecule has 4 nitrogen and oxygen atoms in total. The molecule has 1 aliphatic heterocycles. The average molecular weight is 281 g/mol. The van der Waals surface area contributed by atoms with Gasteiger partial charge in [0.2, 0.25) is 0 Å². The minimum absolute atomic E-state index is 0.00519. The third-order valence-electron chi connectivity index (χ3n) is 3.14. The Labute approximate surface area is 119 Å². The molecular weight excluding hydrogens is 258 g/mol. The monoisotopic (exact) mass is 281 g/mol. The minimum Gasteiger partial charge on any atom is -0.496 e. The Balaban J connectivity index is 2.34. The second kappa shape index (κ2) is 6.01. The van der Waals surface area contributed by atoms with E-state index in [0.717, 1.165) is 37.4 Å².